The Kier molecular flexibility index (Phi) is 12.2. The van der Waals surface area contributed by atoms with Gasteiger partial charge >= 0.3 is 0 Å². The molecule has 1 fully saturated rings. The minimum absolute atomic E-state index is 0.192. The number of ketones is 1. The Balaban J connectivity index is 0.000000288. The number of nitrogens with one attached hydrogen (secondary N) is 1. The number of nitrogens with zero attached hydrogens (tertiary/aromatic N) is 1. The third kappa shape index (κ3) is 10.4. The second-order valence-corrected chi connectivity index (χ2v) is 8.00. The second kappa shape index (κ2) is 14.1. The lowest BCUT2D eigenvalue weighted by Gasteiger charge is -2.24. The fourth-order valence-corrected chi connectivity index (χ4v) is 3.20. The van der Waals surface area contributed by atoms with Crippen molar-refractivity contribution in [2.45, 2.75) is 52.5 Å². The SMILES string of the molecule is CC1C=C(C=O)C=CC1Nc1cccc(Cl)c1.CCCCC.CN1CCC(=O)C1. The lowest BCUT2D eigenvalue weighted by molar-refractivity contribution is -0.116. The van der Waals surface area contributed by atoms with E-state index in [0.717, 1.165) is 30.5 Å². The highest BCUT2D eigenvalue weighted by Crippen LogP contribution is 2.22. The number of aldehydes is 1. The van der Waals surface area contributed by atoms with Crippen LogP contribution in [0.5, 0.6) is 0 Å². The minimum atomic E-state index is 0.192. The molecule has 2 atom stereocenters. The van der Waals surface area contributed by atoms with Gasteiger partial charge in [0.15, 0.2) is 0 Å². The van der Waals surface area contributed by atoms with E-state index in [2.05, 4.69) is 26.1 Å². The maximum Gasteiger partial charge on any atom is 0.149 e. The van der Waals surface area contributed by atoms with E-state index in [1.165, 1.54) is 19.3 Å². The Labute approximate surface area is 181 Å². The zero-order valence-corrected chi connectivity index (χ0v) is 18.9. The van der Waals surface area contributed by atoms with Gasteiger partial charge in [-0.2, -0.15) is 0 Å². The van der Waals surface area contributed by atoms with Crippen LogP contribution in [0.1, 0.15) is 46.5 Å². The van der Waals surface area contributed by atoms with Gasteiger partial charge in [0.05, 0.1) is 12.6 Å². The van der Waals surface area contributed by atoms with E-state index in [4.69, 9.17) is 11.6 Å². The van der Waals surface area contributed by atoms with Gasteiger partial charge in [0, 0.05) is 29.2 Å². The number of likely N-dealkylation sites (N-methyl/N-ethyl adjacent to an activating group) is 1. The summed E-state index contributed by atoms with van der Waals surface area (Å²) in [4.78, 5) is 23.1. The molecule has 1 heterocycles. The number of hydrogen-bond acceptors (Lipinski definition) is 4. The van der Waals surface area contributed by atoms with Crippen LogP contribution in [0.15, 0.2) is 48.1 Å². The summed E-state index contributed by atoms with van der Waals surface area (Å²) in [6.45, 7) is 8.13. The van der Waals surface area contributed by atoms with Crippen molar-refractivity contribution in [2.75, 3.05) is 25.5 Å². The van der Waals surface area contributed by atoms with Crippen LogP contribution in [0.3, 0.4) is 0 Å². The number of unbranched alkanes of at least 4 members (excludes halogenated alkanes) is 2. The molecule has 1 aliphatic carbocycles. The van der Waals surface area contributed by atoms with Crippen LogP contribution in [-0.2, 0) is 9.59 Å². The molecule has 0 aromatic heterocycles. The molecule has 0 bridgehead atoms. The first-order valence-corrected chi connectivity index (χ1v) is 10.8. The molecule has 1 aliphatic heterocycles. The normalized spacial score (nSPS) is 20.7. The summed E-state index contributed by atoms with van der Waals surface area (Å²) < 4.78 is 0. The number of carbonyl (C=O) groups is 2. The Morgan fingerprint density at radius 2 is 2.00 bits per heavy atom. The van der Waals surface area contributed by atoms with Gasteiger partial charge in [-0.25, -0.2) is 0 Å². The van der Waals surface area contributed by atoms with Crippen LogP contribution >= 0.6 is 11.6 Å². The molecule has 0 amide bonds. The van der Waals surface area contributed by atoms with Gasteiger partial charge in [0.2, 0.25) is 0 Å². The summed E-state index contributed by atoms with van der Waals surface area (Å²) >= 11 is 5.93. The van der Waals surface area contributed by atoms with Crippen LogP contribution in [-0.4, -0.2) is 43.1 Å². The number of anilines is 1. The number of rotatable bonds is 5. The van der Waals surface area contributed by atoms with Crippen LogP contribution in [0, 0.1) is 5.92 Å². The molecule has 0 saturated carbocycles. The van der Waals surface area contributed by atoms with E-state index >= 15 is 0 Å². The topological polar surface area (TPSA) is 49.4 Å². The standard InChI is InChI=1S/C14H14ClNO.C5H9NO.C5H12/c1-10-7-11(9-17)5-6-14(10)16-13-4-2-3-12(15)8-13;1-6-3-2-5(7)4-6;1-3-5-4-2/h2-10,14,16H,1H3;2-4H2,1H3;3-5H2,1-2H3. The van der Waals surface area contributed by atoms with E-state index in [-0.39, 0.29) is 12.0 Å². The second-order valence-electron chi connectivity index (χ2n) is 7.56. The highest BCUT2D eigenvalue weighted by atomic mass is 35.5. The fraction of sp³-hybridized carbons (Fsp3) is 0.500. The quantitative estimate of drug-likeness (QED) is 0.638. The molecular weight excluding hydrogens is 384 g/mol. The van der Waals surface area contributed by atoms with E-state index in [0.29, 0.717) is 17.4 Å². The maximum atomic E-state index is 10.7. The highest BCUT2D eigenvalue weighted by Gasteiger charge is 2.16. The monoisotopic (exact) mass is 418 g/mol. The molecule has 2 aliphatic rings. The molecule has 1 saturated heterocycles. The summed E-state index contributed by atoms with van der Waals surface area (Å²) in [5.41, 5.74) is 1.73. The first kappa shape index (κ1) is 25.1. The Hall–Kier alpha value is -1.91. The van der Waals surface area contributed by atoms with Gasteiger partial charge in [-0.05, 0) is 31.2 Å². The fourth-order valence-electron chi connectivity index (χ4n) is 3.01. The number of likely N-dealkylation sites (tertiary alicyclic amines) is 1. The molecular formula is C24H35ClN2O2. The summed E-state index contributed by atoms with van der Waals surface area (Å²) in [6, 6.07) is 7.82. The van der Waals surface area contributed by atoms with Gasteiger partial charge in [-0.1, -0.05) is 75.9 Å². The van der Waals surface area contributed by atoms with Crippen LogP contribution in [0.2, 0.25) is 5.02 Å². The molecule has 0 radical (unpaired) electrons. The molecule has 3 rings (SSSR count). The van der Waals surface area contributed by atoms with Gasteiger partial charge in [0.1, 0.15) is 12.1 Å². The molecule has 29 heavy (non-hydrogen) atoms. The first-order chi connectivity index (χ1) is 13.9. The third-order valence-corrected chi connectivity index (χ3v) is 4.97. The lowest BCUT2D eigenvalue weighted by atomic mass is 9.93. The smallest absolute Gasteiger partial charge is 0.149 e. The predicted octanol–water partition coefficient (Wildman–Crippen LogP) is 5.54. The average Bonchev–Trinajstić information content (AvgIpc) is 3.08. The molecule has 1 aromatic carbocycles. The summed E-state index contributed by atoms with van der Waals surface area (Å²) in [5.74, 6) is 0.654. The largest absolute Gasteiger partial charge is 0.378 e. The molecule has 1 aromatic rings. The van der Waals surface area contributed by atoms with Crippen LogP contribution in [0.4, 0.5) is 5.69 Å². The third-order valence-electron chi connectivity index (χ3n) is 4.74. The molecule has 4 nitrogen and oxygen atoms in total. The lowest BCUT2D eigenvalue weighted by Crippen LogP contribution is -2.26. The summed E-state index contributed by atoms with van der Waals surface area (Å²) in [7, 11) is 1.96. The molecule has 160 valence electrons. The first-order valence-electron chi connectivity index (χ1n) is 10.5. The Morgan fingerprint density at radius 1 is 1.28 bits per heavy atom. The number of hydrogen-bond donors (Lipinski definition) is 1. The summed E-state index contributed by atoms with van der Waals surface area (Å²) in [6.07, 6.45) is 11.5. The van der Waals surface area contributed by atoms with E-state index < -0.39 is 0 Å². The van der Waals surface area contributed by atoms with Crippen molar-refractivity contribution in [1.29, 1.82) is 0 Å². The zero-order valence-electron chi connectivity index (χ0n) is 18.2. The molecule has 5 heteroatoms. The maximum absolute atomic E-state index is 10.7. The minimum Gasteiger partial charge on any atom is -0.378 e. The number of carbonyl (C=O) groups excluding carboxylic acids is 2. The molecule has 1 N–H and O–H groups in total. The zero-order chi connectivity index (χ0) is 21.6. The van der Waals surface area contributed by atoms with Gasteiger partial charge in [-0.15, -0.1) is 0 Å². The molecule has 0 spiro atoms. The molecule has 2 unspecified atom stereocenters. The van der Waals surface area contributed by atoms with E-state index in [9.17, 15) is 9.59 Å². The van der Waals surface area contributed by atoms with Crippen molar-refractivity contribution >= 4 is 29.4 Å². The summed E-state index contributed by atoms with van der Waals surface area (Å²) in [5, 5.41) is 4.10. The van der Waals surface area contributed by atoms with Crippen molar-refractivity contribution in [3.05, 3.63) is 53.1 Å². The number of allylic oxidation sites excluding steroid dienone is 2. The van der Waals surface area contributed by atoms with Crippen LogP contribution in [0.25, 0.3) is 0 Å². The Morgan fingerprint density at radius 3 is 2.41 bits per heavy atom. The number of benzene rings is 1. The highest BCUT2D eigenvalue weighted by molar-refractivity contribution is 6.30. The van der Waals surface area contributed by atoms with Gasteiger partial charge in [0.25, 0.3) is 0 Å². The predicted molar refractivity (Wildman–Crippen MR) is 124 cm³/mol. The van der Waals surface area contributed by atoms with Crippen molar-refractivity contribution < 1.29 is 9.59 Å². The van der Waals surface area contributed by atoms with Crippen molar-refractivity contribution in [3.63, 3.8) is 0 Å². The van der Waals surface area contributed by atoms with E-state index in [1.807, 2.05) is 54.4 Å². The van der Waals surface area contributed by atoms with E-state index in [1.54, 1.807) is 0 Å². The van der Waals surface area contributed by atoms with Crippen LogP contribution < -0.4 is 5.32 Å². The van der Waals surface area contributed by atoms with Crippen molar-refractivity contribution in [1.82, 2.24) is 4.90 Å². The van der Waals surface area contributed by atoms with Gasteiger partial charge < -0.3 is 5.32 Å². The van der Waals surface area contributed by atoms with Crippen molar-refractivity contribution in [3.8, 4) is 0 Å². The van der Waals surface area contributed by atoms with Crippen molar-refractivity contribution in [2.24, 2.45) is 5.92 Å². The number of halogens is 1. The number of Topliss-reactive ketones (excluding diaryl/α,β-unsaturated/α-hetero) is 1. The average molecular weight is 419 g/mol. The Bertz CT molecular complexity index is 698. The van der Waals surface area contributed by atoms with Gasteiger partial charge in [-0.3, -0.25) is 14.5 Å².